The molecule has 0 unspecified atom stereocenters. The first-order chi connectivity index (χ1) is 9.22. The quantitative estimate of drug-likeness (QED) is 0.733. The largest absolute Gasteiger partial charge is 0.491 e. The first kappa shape index (κ1) is 13.9. The summed E-state index contributed by atoms with van der Waals surface area (Å²) in [7, 11) is 5.72. The molecular weight excluding hydrogens is 248 g/mol. The van der Waals surface area contributed by atoms with Crippen molar-refractivity contribution in [3.05, 3.63) is 23.8 Å². The Hall–Kier alpha value is -1.56. The summed E-state index contributed by atoms with van der Waals surface area (Å²) >= 11 is 0. The van der Waals surface area contributed by atoms with Crippen molar-refractivity contribution in [2.45, 2.75) is 0 Å². The van der Waals surface area contributed by atoms with Gasteiger partial charge in [0.2, 0.25) is 0 Å². The van der Waals surface area contributed by atoms with E-state index >= 15 is 0 Å². The van der Waals surface area contributed by atoms with Gasteiger partial charge in [-0.1, -0.05) is 11.5 Å². The second-order valence-corrected chi connectivity index (χ2v) is 4.19. The van der Waals surface area contributed by atoms with Gasteiger partial charge in [0.15, 0.2) is 0 Å². The lowest BCUT2D eigenvalue weighted by Gasteiger charge is -2.27. The summed E-state index contributed by atoms with van der Waals surface area (Å²) in [5, 5.41) is 0. The van der Waals surface area contributed by atoms with Crippen LogP contribution in [-0.2, 0) is 4.74 Å². The van der Waals surface area contributed by atoms with Crippen LogP contribution in [0.15, 0.2) is 18.2 Å². The second-order valence-electron chi connectivity index (χ2n) is 4.19. The summed E-state index contributed by atoms with van der Waals surface area (Å²) in [6, 6.07) is 4.81. The molecule has 0 atom stereocenters. The first-order valence-electron chi connectivity index (χ1n) is 6.17. The van der Waals surface area contributed by atoms with Gasteiger partial charge >= 0.3 is 0 Å². The fourth-order valence-electron chi connectivity index (χ4n) is 1.89. The highest BCUT2D eigenvalue weighted by atomic mass is 19.1. The molecule has 1 amide bonds. The minimum Gasteiger partial charge on any atom is -0.491 e. The van der Waals surface area contributed by atoms with Gasteiger partial charge in [0.25, 0.3) is 5.91 Å². The number of hydrogen-bond acceptors (Lipinski definition) is 3. The Morgan fingerprint density at radius 3 is 2.84 bits per heavy atom. The van der Waals surface area contributed by atoms with Crippen LogP contribution < -0.4 is 10.2 Å². The standard InChI is InChI=1S/C13H15BFNO3/c14-11-2-1-10(9-12(11)19-6-3-15)13(17)16-4-7-18-8-5-16/h1-2,9H,3-8H2. The van der Waals surface area contributed by atoms with E-state index in [2.05, 4.69) is 0 Å². The minimum absolute atomic E-state index is 0.0700. The minimum atomic E-state index is -0.596. The third kappa shape index (κ3) is 3.47. The average molecular weight is 263 g/mol. The number of nitrogens with zero attached hydrogens (tertiary/aromatic N) is 1. The average Bonchev–Trinajstić information content (AvgIpc) is 2.46. The number of ether oxygens (including phenoxy) is 2. The number of alkyl halides is 1. The zero-order valence-electron chi connectivity index (χ0n) is 10.6. The molecular formula is C13H15BFNO3. The number of carbonyl (C=O) groups excluding carboxylic acids is 1. The van der Waals surface area contributed by atoms with Crippen LogP contribution in [0.5, 0.6) is 5.75 Å². The van der Waals surface area contributed by atoms with Gasteiger partial charge in [-0.25, -0.2) is 4.39 Å². The first-order valence-corrected chi connectivity index (χ1v) is 6.17. The van der Waals surface area contributed by atoms with E-state index in [9.17, 15) is 9.18 Å². The third-order valence-electron chi connectivity index (χ3n) is 2.89. The van der Waals surface area contributed by atoms with Crippen molar-refractivity contribution in [3.8, 4) is 5.75 Å². The van der Waals surface area contributed by atoms with E-state index in [1.807, 2.05) is 0 Å². The second kappa shape index (κ2) is 6.56. The zero-order chi connectivity index (χ0) is 13.7. The van der Waals surface area contributed by atoms with Crippen LogP contribution in [0.2, 0.25) is 0 Å². The molecule has 0 N–H and O–H groups in total. The van der Waals surface area contributed by atoms with Crippen LogP contribution in [0.3, 0.4) is 0 Å². The van der Waals surface area contributed by atoms with Gasteiger partial charge in [0, 0.05) is 18.7 Å². The molecule has 0 spiro atoms. The van der Waals surface area contributed by atoms with Gasteiger partial charge in [-0.05, 0) is 12.1 Å². The predicted molar refractivity (Wildman–Crippen MR) is 70.0 cm³/mol. The molecule has 100 valence electrons. The number of hydrogen-bond donors (Lipinski definition) is 0. The summed E-state index contributed by atoms with van der Waals surface area (Å²) in [5.41, 5.74) is 0.886. The number of halogens is 1. The maximum absolute atomic E-state index is 12.2. The van der Waals surface area contributed by atoms with E-state index in [0.717, 1.165) is 0 Å². The Labute approximate surface area is 112 Å². The van der Waals surface area contributed by atoms with Crippen molar-refractivity contribution in [1.82, 2.24) is 4.90 Å². The van der Waals surface area contributed by atoms with Crippen LogP contribution in [0.4, 0.5) is 4.39 Å². The summed E-state index contributed by atoms with van der Waals surface area (Å²) in [5.74, 6) is 0.255. The summed E-state index contributed by atoms with van der Waals surface area (Å²) in [6.45, 7) is 1.58. The lowest BCUT2D eigenvalue weighted by atomic mass is 9.93. The predicted octanol–water partition coefficient (Wildman–Crippen LogP) is 0.301. The SMILES string of the molecule is [B]c1ccc(C(=O)N2CCOCC2)cc1OCCF. The Morgan fingerprint density at radius 2 is 2.16 bits per heavy atom. The van der Waals surface area contributed by atoms with Gasteiger partial charge < -0.3 is 14.4 Å². The monoisotopic (exact) mass is 263 g/mol. The van der Waals surface area contributed by atoms with Crippen LogP contribution in [0, 0.1) is 0 Å². The highest BCUT2D eigenvalue weighted by Gasteiger charge is 2.19. The lowest BCUT2D eigenvalue weighted by Crippen LogP contribution is -2.40. The Balaban J connectivity index is 2.12. The molecule has 6 heteroatoms. The Morgan fingerprint density at radius 1 is 1.42 bits per heavy atom. The third-order valence-corrected chi connectivity index (χ3v) is 2.89. The van der Waals surface area contributed by atoms with Gasteiger partial charge in [-0.3, -0.25) is 4.79 Å². The van der Waals surface area contributed by atoms with Crippen LogP contribution in [-0.4, -0.2) is 58.2 Å². The van der Waals surface area contributed by atoms with E-state index in [0.29, 0.717) is 43.1 Å². The van der Waals surface area contributed by atoms with Crippen LogP contribution in [0.1, 0.15) is 10.4 Å². The number of carbonyl (C=O) groups is 1. The van der Waals surface area contributed by atoms with Crippen molar-refractivity contribution in [2.24, 2.45) is 0 Å². The molecule has 0 bridgehead atoms. The molecule has 19 heavy (non-hydrogen) atoms. The van der Waals surface area contributed by atoms with Gasteiger partial charge in [-0.2, -0.15) is 0 Å². The van der Waals surface area contributed by atoms with E-state index in [1.165, 1.54) is 0 Å². The summed E-state index contributed by atoms with van der Waals surface area (Å²) in [4.78, 5) is 14.0. The van der Waals surface area contributed by atoms with Crippen molar-refractivity contribution < 1.29 is 18.7 Å². The number of morpholine rings is 1. The normalized spacial score (nSPS) is 15.3. The molecule has 0 aliphatic carbocycles. The summed E-state index contributed by atoms with van der Waals surface area (Å²) < 4.78 is 22.5. The molecule has 2 rings (SSSR count). The van der Waals surface area contributed by atoms with Crippen LogP contribution in [0.25, 0.3) is 0 Å². The molecule has 4 nitrogen and oxygen atoms in total. The van der Waals surface area contributed by atoms with Crippen LogP contribution >= 0.6 is 0 Å². The van der Waals surface area contributed by atoms with Crippen molar-refractivity contribution in [2.75, 3.05) is 39.6 Å². The number of rotatable bonds is 4. The number of amides is 1. The van der Waals surface area contributed by atoms with Crippen molar-refractivity contribution in [3.63, 3.8) is 0 Å². The van der Waals surface area contributed by atoms with E-state index < -0.39 is 6.67 Å². The van der Waals surface area contributed by atoms with E-state index in [1.54, 1.807) is 23.1 Å². The molecule has 1 fully saturated rings. The highest BCUT2D eigenvalue weighted by molar-refractivity contribution is 6.34. The highest BCUT2D eigenvalue weighted by Crippen LogP contribution is 2.13. The van der Waals surface area contributed by atoms with Crippen molar-refractivity contribution >= 4 is 19.2 Å². The fourth-order valence-corrected chi connectivity index (χ4v) is 1.89. The molecule has 1 aromatic carbocycles. The van der Waals surface area contributed by atoms with Crippen molar-refractivity contribution in [1.29, 1.82) is 0 Å². The van der Waals surface area contributed by atoms with E-state index in [-0.39, 0.29) is 12.5 Å². The van der Waals surface area contributed by atoms with Gasteiger partial charge in [-0.15, -0.1) is 0 Å². The molecule has 1 aromatic rings. The zero-order valence-corrected chi connectivity index (χ0v) is 10.6. The van der Waals surface area contributed by atoms with Gasteiger partial charge in [0.1, 0.15) is 26.9 Å². The Kier molecular flexibility index (Phi) is 4.79. The molecule has 1 heterocycles. The molecule has 0 aromatic heterocycles. The maximum atomic E-state index is 12.2. The molecule has 2 radical (unpaired) electrons. The molecule has 1 aliphatic rings. The Bertz CT molecular complexity index is 450. The lowest BCUT2D eigenvalue weighted by molar-refractivity contribution is 0.0302. The molecule has 1 saturated heterocycles. The van der Waals surface area contributed by atoms with E-state index in [4.69, 9.17) is 17.3 Å². The topological polar surface area (TPSA) is 38.8 Å². The fraction of sp³-hybridized carbons (Fsp3) is 0.462. The van der Waals surface area contributed by atoms with Gasteiger partial charge in [0.05, 0.1) is 13.2 Å². The smallest absolute Gasteiger partial charge is 0.254 e. The number of benzene rings is 1. The maximum Gasteiger partial charge on any atom is 0.254 e. The molecule has 0 saturated carbocycles. The summed E-state index contributed by atoms with van der Waals surface area (Å²) in [6.07, 6.45) is 0. The molecule has 1 aliphatic heterocycles.